The van der Waals surface area contributed by atoms with Crippen molar-refractivity contribution >= 4 is 11.6 Å². The first-order valence-corrected chi connectivity index (χ1v) is 6.75. The summed E-state index contributed by atoms with van der Waals surface area (Å²) >= 11 is 0. The molecule has 0 aliphatic rings. The Kier molecular flexibility index (Phi) is 4.20. The predicted octanol–water partition coefficient (Wildman–Crippen LogP) is 2.35. The van der Waals surface area contributed by atoms with Crippen molar-refractivity contribution in [3.63, 3.8) is 0 Å². The topological polar surface area (TPSA) is 46.4 Å². The van der Waals surface area contributed by atoms with Gasteiger partial charge in [0.15, 0.2) is 0 Å². The van der Waals surface area contributed by atoms with Crippen LogP contribution in [0.1, 0.15) is 31.5 Å². The van der Waals surface area contributed by atoms with Gasteiger partial charge in [0.25, 0.3) is 0 Å². The third-order valence-electron chi connectivity index (χ3n) is 2.96. The van der Waals surface area contributed by atoms with Crippen LogP contribution in [-0.2, 0) is 11.2 Å². The van der Waals surface area contributed by atoms with Crippen LogP contribution in [-0.4, -0.2) is 21.8 Å². The second kappa shape index (κ2) is 5.87. The highest BCUT2D eigenvalue weighted by molar-refractivity contribution is 5.76. The highest BCUT2D eigenvalue weighted by atomic mass is 16.1. The Hall–Kier alpha value is -1.84. The molecule has 19 heavy (non-hydrogen) atoms. The van der Waals surface area contributed by atoms with Gasteiger partial charge in [-0.25, -0.2) is 4.98 Å². The molecule has 0 aromatic carbocycles. The summed E-state index contributed by atoms with van der Waals surface area (Å²) in [6.07, 6.45) is 5.39. The number of nitrogens with zero attached hydrogens (tertiary/aromatic N) is 2. The highest BCUT2D eigenvalue weighted by Crippen LogP contribution is 2.08. The lowest BCUT2D eigenvalue weighted by Crippen LogP contribution is -2.26. The largest absolute Gasteiger partial charge is 0.356 e. The molecule has 0 unspecified atom stereocenters. The predicted molar refractivity (Wildman–Crippen MR) is 76.1 cm³/mol. The van der Waals surface area contributed by atoms with E-state index in [1.807, 2.05) is 30.6 Å². The second-order valence-electron chi connectivity index (χ2n) is 5.40. The first-order valence-electron chi connectivity index (χ1n) is 6.75. The van der Waals surface area contributed by atoms with Crippen molar-refractivity contribution in [1.29, 1.82) is 0 Å². The van der Waals surface area contributed by atoms with Gasteiger partial charge in [0, 0.05) is 31.8 Å². The fourth-order valence-electron chi connectivity index (χ4n) is 2.03. The summed E-state index contributed by atoms with van der Waals surface area (Å²) in [6.45, 7) is 6.79. The van der Waals surface area contributed by atoms with E-state index in [4.69, 9.17) is 0 Å². The van der Waals surface area contributed by atoms with Crippen molar-refractivity contribution in [3.8, 4) is 0 Å². The van der Waals surface area contributed by atoms with Gasteiger partial charge >= 0.3 is 0 Å². The number of amides is 1. The molecule has 4 heteroatoms. The van der Waals surface area contributed by atoms with Crippen LogP contribution in [0.2, 0.25) is 0 Å². The van der Waals surface area contributed by atoms with E-state index in [-0.39, 0.29) is 5.91 Å². The van der Waals surface area contributed by atoms with Crippen LogP contribution in [0.3, 0.4) is 0 Å². The molecule has 102 valence electrons. The summed E-state index contributed by atoms with van der Waals surface area (Å²) in [5, 5.41) is 2.93. The summed E-state index contributed by atoms with van der Waals surface area (Å²) in [5.41, 5.74) is 3.17. The van der Waals surface area contributed by atoms with Crippen LogP contribution in [0.5, 0.6) is 0 Å². The normalized spacial score (nSPS) is 11.2. The fourth-order valence-corrected chi connectivity index (χ4v) is 2.03. The van der Waals surface area contributed by atoms with Gasteiger partial charge in [-0.1, -0.05) is 13.8 Å². The Morgan fingerprint density at radius 2 is 2.26 bits per heavy atom. The van der Waals surface area contributed by atoms with Crippen molar-refractivity contribution in [2.45, 2.75) is 33.6 Å². The van der Waals surface area contributed by atoms with Crippen LogP contribution in [0.25, 0.3) is 5.65 Å². The molecule has 0 spiro atoms. The molecule has 0 saturated heterocycles. The fraction of sp³-hybridized carbons (Fsp3) is 0.467. The van der Waals surface area contributed by atoms with Gasteiger partial charge in [-0.3, -0.25) is 4.79 Å². The number of pyridine rings is 1. The average molecular weight is 259 g/mol. The number of hydrogen-bond donors (Lipinski definition) is 1. The first-order chi connectivity index (χ1) is 9.04. The standard InChI is InChI=1S/C15H21N3O/c1-11(2)8-15(19)16-6-4-13-10-18-7-5-12(3)9-14(18)17-13/h5,7,9-11H,4,6,8H2,1-3H3,(H,16,19). The number of hydrogen-bond acceptors (Lipinski definition) is 2. The number of nitrogens with one attached hydrogen (secondary N) is 1. The average Bonchev–Trinajstić information content (AvgIpc) is 2.69. The Labute approximate surface area is 113 Å². The van der Waals surface area contributed by atoms with E-state index in [0.29, 0.717) is 18.9 Å². The van der Waals surface area contributed by atoms with E-state index in [0.717, 1.165) is 17.8 Å². The molecule has 0 atom stereocenters. The highest BCUT2D eigenvalue weighted by Gasteiger charge is 2.05. The Morgan fingerprint density at radius 3 is 3.00 bits per heavy atom. The zero-order chi connectivity index (χ0) is 13.8. The molecule has 0 saturated carbocycles. The van der Waals surface area contributed by atoms with Crippen LogP contribution < -0.4 is 5.32 Å². The quantitative estimate of drug-likeness (QED) is 0.896. The number of aromatic nitrogens is 2. The summed E-state index contributed by atoms with van der Waals surface area (Å²) in [5.74, 6) is 0.521. The first kappa shape index (κ1) is 13.6. The van der Waals surface area contributed by atoms with E-state index >= 15 is 0 Å². The number of carbonyl (C=O) groups is 1. The van der Waals surface area contributed by atoms with Gasteiger partial charge < -0.3 is 9.72 Å². The summed E-state index contributed by atoms with van der Waals surface area (Å²) in [7, 11) is 0. The van der Waals surface area contributed by atoms with E-state index < -0.39 is 0 Å². The molecule has 1 amide bonds. The minimum atomic E-state index is 0.120. The van der Waals surface area contributed by atoms with Crippen molar-refractivity contribution < 1.29 is 4.79 Å². The molecular formula is C15H21N3O. The Bertz CT molecular complexity index is 572. The van der Waals surface area contributed by atoms with E-state index in [2.05, 4.69) is 29.4 Å². The van der Waals surface area contributed by atoms with Crippen LogP contribution >= 0.6 is 0 Å². The lowest BCUT2D eigenvalue weighted by atomic mass is 10.1. The van der Waals surface area contributed by atoms with Gasteiger partial charge in [0.05, 0.1) is 5.69 Å². The third kappa shape index (κ3) is 3.81. The molecule has 2 rings (SSSR count). The number of imidazole rings is 1. The summed E-state index contributed by atoms with van der Waals surface area (Å²) in [4.78, 5) is 16.1. The maximum absolute atomic E-state index is 11.5. The second-order valence-corrected chi connectivity index (χ2v) is 5.40. The van der Waals surface area contributed by atoms with E-state index in [9.17, 15) is 4.79 Å². The minimum Gasteiger partial charge on any atom is -0.356 e. The van der Waals surface area contributed by atoms with Crippen LogP contribution in [0.4, 0.5) is 0 Å². The maximum atomic E-state index is 11.5. The Morgan fingerprint density at radius 1 is 1.47 bits per heavy atom. The van der Waals surface area contributed by atoms with Gasteiger partial charge in [-0.05, 0) is 30.5 Å². The smallest absolute Gasteiger partial charge is 0.220 e. The van der Waals surface area contributed by atoms with Gasteiger partial charge in [-0.2, -0.15) is 0 Å². The molecular weight excluding hydrogens is 238 g/mol. The zero-order valence-corrected chi connectivity index (χ0v) is 11.8. The van der Waals surface area contributed by atoms with Crippen molar-refractivity contribution in [2.24, 2.45) is 5.92 Å². The molecule has 1 N–H and O–H groups in total. The summed E-state index contributed by atoms with van der Waals surface area (Å²) in [6, 6.07) is 4.11. The molecule has 2 heterocycles. The minimum absolute atomic E-state index is 0.120. The summed E-state index contributed by atoms with van der Waals surface area (Å²) < 4.78 is 2.01. The monoisotopic (exact) mass is 259 g/mol. The third-order valence-corrected chi connectivity index (χ3v) is 2.96. The molecule has 0 radical (unpaired) electrons. The van der Waals surface area contributed by atoms with Crippen molar-refractivity contribution in [1.82, 2.24) is 14.7 Å². The van der Waals surface area contributed by atoms with Crippen LogP contribution in [0, 0.1) is 12.8 Å². The SMILES string of the molecule is Cc1ccn2cc(CCNC(=O)CC(C)C)nc2c1. The van der Waals surface area contributed by atoms with Gasteiger partial charge in [-0.15, -0.1) is 0 Å². The number of aryl methyl sites for hydroxylation is 1. The number of fused-ring (bicyclic) bond motifs is 1. The number of carbonyl (C=O) groups excluding carboxylic acids is 1. The maximum Gasteiger partial charge on any atom is 0.220 e. The van der Waals surface area contributed by atoms with Crippen LogP contribution in [0.15, 0.2) is 24.5 Å². The van der Waals surface area contributed by atoms with Gasteiger partial charge in [0.1, 0.15) is 5.65 Å². The molecule has 0 bridgehead atoms. The molecule has 0 aliphatic heterocycles. The molecule has 4 nitrogen and oxygen atoms in total. The number of rotatable bonds is 5. The molecule has 0 fully saturated rings. The zero-order valence-electron chi connectivity index (χ0n) is 11.8. The van der Waals surface area contributed by atoms with E-state index in [1.54, 1.807) is 0 Å². The lowest BCUT2D eigenvalue weighted by molar-refractivity contribution is -0.121. The van der Waals surface area contributed by atoms with Crippen molar-refractivity contribution in [2.75, 3.05) is 6.54 Å². The molecule has 2 aromatic heterocycles. The Balaban J connectivity index is 1.89. The van der Waals surface area contributed by atoms with Gasteiger partial charge in [0.2, 0.25) is 5.91 Å². The lowest BCUT2D eigenvalue weighted by Gasteiger charge is -2.05. The molecule has 0 aliphatic carbocycles. The van der Waals surface area contributed by atoms with E-state index in [1.165, 1.54) is 5.56 Å². The van der Waals surface area contributed by atoms with Crippen molar-refractivity contribution in [3.05, 3.63) is 35.8 Å². The molecule has 2 aromatic rings.